The summed E-state index contributed by atoms with van der Waals surface area (Å²) >= 11 is 5.03. The van der Waals surface area contributed by atoms with E-state index in [-0.39, 0.29) is 5.75 Å². The zero-order valence-corrected chi connectivity index (χ0v) is 9.98. The third-order valence-electron chi connectivity index (χ3n) is 2.06. The minimum absolute atomic E-state index is 0.281. The van der Waals surface area contributed by atoms with Crippen LogP contribution in [0.5, 0.6) is 11.5 Å². The van der Waals surface area contributed by atoms with Crippen LogP contribution in [0.3, 0.4) is 0 Å². The van der Waals surface area contributed by atoms with E-state index >= 15 is 0 Å². The van der Waals surface area contributed by atoms with Crippen molar-refractivity contribution in [2.24, 2.45) is 0 Å². The number of phenols is 1. The highest BCUT2D eigenvalue weighted by molar-refractivity contribution is 9.08. The molecule has 1 aromatic heterocycles. The number of hydrogen-bond acceptors (Lipinski definition) is 3. The quantitative estimate of drug-likeness (QED) is 0.848. The van der Waals surface area contributed by atoms with Gasteiger partial charge in [0, 0.05) is 20.8 Å². The highest BCUT2D eigenvalue weighted by atomic mass is 79.9. The van der Waals surface area contributed by atoms with Gasteiger partial charge in [-0.3, -0.25) is 0 Å². The summed E-state index contributed by atoms with van der Waals surface area (Å²) in [5, 5.41) is 13.2. The van der Waals surface area contributed by atoms with E-state index in [1.165, 1.54) is 0 Å². The van der Waals surface area contributed by atoms with Crippen LogP contribution >= 0.6 is 27.3 Å². The lowest BCUT2D eigenvalue weighted by Crippen LogP contribution is -1.81. The number of rotatable bonds is 2. The Hall–Kier alpha value is -0.740. The molecule has 0 aliphatic heterocycles. The molecular weight excluding hydrogens is 264 g/mol. The molecule has 14 heavy (non-hydrogen) atoms. The van der Waals surface area contributed by atoms with E-state index in [0.29, 0.717) is 0 Å². The topological polar surface area (TPSA) is 29.5 Å². The molecule has 4 heteroatoms. The first-order valence-corrected chi connectivity index (χ1v) is 6.09. The third-order valence-corrected chi connectivity index (χ3v) is 3.72. The van der Waals surface area contributed by atoms with E-state index in [4.69, 9.17) is 4.74 Å². The van der Waals surface area contributed by atoms with Crippen molar-refractivity contribution in [2.45, 2.75) is 5.33 Å². The minimum atomic E-state index is 0.281. The second kappa shape index (κ2) is 3.79. The molecule has 0 saturated heterocycles. The molecule has 0 aliphatic rings. The first-order valence-electron chi connectivity index (χ1n) is 4.09. The lowest BCUT2D eigenvalue weighted by atomic mass is 10.1. The van der Waals surface area contributed by atoms with Gasteiger partial charge in [-0.2, -0.15) is 0 Å². The third kappa shape index (κ3) is 1.48. The highest BCUT2D eigenvalue weighted by Gasteiger charge is 2.09. The molecule has 0 aliphatic carbocycles. The van der Waals surface area contributed by atoms with E-state index in [9.17, 15) is 5.11 Å². The van der Waals surface area contributed by atoms with Gasteiger partial charge in [-0.15, -0.1) is 11.3 Å². The predicted octanol–water partition coefficient (Wildman–Crippen LogP) is 3.51. The van der Waals surface area contributed by atoms with Crippen LogP contribution in [0, 0.1) is 0 Å². The minimum Gasteiger partial charge on any atom is -0.508 e. The lowest BCUT2D eigenvalue weighted by molar-refractivity contribution is 0.421. The van der Waals surface area contributed by atoms with Gasteiger partial charge in [-0.25, -0.2) is 0 Å². The first-order chi connectivity index (χ1) is 6.76. The number of ether oxygens (including phenoxy) is 1. The summed E-state index contributed by atoms with van der Waals surface area (Å²) in [6.07, 6.45) is 0. The van der Waals surface area contributed by atoms with Crippen molar-refractivity contribution in [3.63, 3.8) is 0 Å². The van der Waals surface area contributed by atoms with Crippen molar-refractivity contribution in [3.05, 3.63) is 23.1 Å². The summed E-state index contributed by atoms with van der Waals surface area (Å²) in [6.45, 7) is 0. The Morgan fingerprint density at radius 1 is 1.50 bits per heavy atom. The average molecular weight is 273 g/mol. The van der Waals surface area contributed by atoms with Crippen LogP contribution in [0.1, 0.15) is 5.56 Å². The van der Waals surface area contributed by atoms with Gasteiger partial charge in [0.25, 0.3) is 0 Å². The van der Waals surface area contributed by atoms with Gasteiger partial charge in [-0.1, -0.05) is 15.9 Å². The van der Waals surface area contributed by atoms with Crippen LogP contribution in [0.15, 0.2) is 17.5 Å². The Balaban J connectivity index is 2.76. The van der Waals surface area contributed by atoms with Gasteiger partial charge >= 0.3 is 0 Å². The van der Waals surface area contributed by atoms with Crippen molar-refractivity contribution < 1.29 is 9.84 Å². The van der Waals surface area contributed by atoms with Crippen LogP contribution in [0.25, 0.3) is 10.1 Å². The largest absolute Gasteiger partial charge is 0.508 e. The Morgan fingerprint density at radius 2 is 2.29 bits per heavy atom. The van der Waals surface area contributed by atoms with Crippen LogP contribution in [-0.4, -0.2) is 12.2 Å². The second-order valence-corrected chi connectivity index (χ2v) is 4.36. The molecule has 0 bridgehead atoms. The highest BCUT2D eigenvalue weighted by Crippen LogP contribution is 2.37. The van der Waals surface area contributed by atoms with Crippen molar-refractivity contribution in [1.29, 1.82) is 0 Å². The number of hydrogen-bond donors (Lipinski definition) is 1. The van der Waals surface area contributed by atoms with Crippen molar-refractivity contribution in [2.75, 3.05) is 7.11 Å². The smallest absolute Gasteiger partial charge is 0.137 e. The summed E-state index contributed by atoms with van der Waals surface area (Å²) in [7, 11) is 1.64. The Kier molecular flexibility index (Phi) is 2.65. The molecule has 0 radical (unpaired) electrons. The van der Waals surface area contributed by atoms with E-state index in [0.717, 1.165) is 26.7 Å². The summed E-state index contributed by atoms with van der Waals surface area (Å²) in [5.41, 5.74) is 1.09. The molecule has 0 fully saturated rings. The molecule has 0 saturated carbocycles. The fourth-order valence-corrected chi connectivity index (χ4v) is 3.07. The van der Waals surface area contributed by atoms with Gasteiger partial charge in [0.2, 0.25) is 0 Å². The van der Waals surface area contributed by atoms with E-state index in [1.807, 2.05) is 5.38 Å². The second-order valence-electron chi connectivity index (χ2n) is 2.92. The monoisotopic (exact) mass is 272 g/mol. The van der Waals surface area contributed by atoms with Crippen molar-refractivity contribution in [3.8, 4) is 11.5 Å². The Morgan fingerprint density at radius 3 is 2.93 bits per heavy atom. The molecule has 0 amide bonds. The van der Waals surface area contributed by atoms with Crippen LogP contribution in [0.4, 0.5) is 0 Å². The van der Waals surface area contributed by atoms with Gasteiger partial charge in [0.1, 0.15) is 11.5 Å². The number of methoxy groups -OCH3 is 1. The molecular formula is C10H9BrO2S. The normalized spacial score (nSPS) is 10.7. The van der Waals surface area contributed by atoms with Gasteiger partial charge < -0.3 is 9.84 Å². The maximum Gasteiger partial charge on any atom is 0.137 e. The molecule has 0 spiro atoms. The van der Waals surface area contributed by atoms with E-state index < -0.39 is 0 Å². The first kappa shape index (κ1) is 9.80. The molecule has 1 aromatic carbocycles. The Bertz CT molecular complexity index is 464. The van der Waals surface area contributed by atoms with Crippen molar-refractivity contribution in [1.82, 2.24) is 0 Å². The number of alkyl halides is 1. The maximum atomic E-state index is 9.51. The summed E-state index contributed by atoms with van der Waals surface area (Å²) in [6, 6.07) is 3.50. The van der Waals surface area contributed by atoms with E-state index in [1.54, 1.807) is 30.6 Å². The average Bonchev–Trinajstić information content (AvgIpc) is 2.59. The predicted molar refractivity (Wildman–Crippen MR) is 62.7 cm³/mol. The van der Waals surface area contributed by atoms with Crippen molar-refractivity contribution >= 4 is 37.4 Å². The number of phenolic OH excluding ortho intramolecular Hbond substituents is 1. The Labute approximate surface area is 94.3 Å². The molecule has 74 valence electrons. The summed E-state index contributed by atoms with van der Waals surface area (Å²) in [5.74, 6) is 1.10. The van der Waals surface area contributed by atoms with Crippen LogP contribution in [0.2, 0.25) is 0 Å². The zero-order chi connectivity index (χ0) is 10.1. The number of aromatic hydroxyl groups is 1. The fraction of sp³-hybridized carbons (Fsp3) is 0.200. The molecule has 2 aromatic rings. The van der Waals surface area contributed by atoms with Crippen LogP contribution in [-0.2, 0) is 5.33 Å². The lowest BCUT2D eigenvalue weighted by Gasteiger charge is -2.01. The zero-order valence-electron chi connectivity index (χ0n) is 7.58. The number of fused-ring (bicyclic) bond motifs is 1. The van der Waals surface area contributed by atoms with Gasteiger partial charge in [0.05, 0.1) is 7.11 Å². The summed E-state index contributed by atoms with van der Waals surface area (Å²) < 4.78 is 6.37. The number of halogens is 1. The summed E-state index contributed by atoms with van der Waals surface area (Å²) in [4.78, 5) is 0. The van der Waals surface area contributed by atoms with Gasteiger partial charge in [-0.05, 0) is 17.7 Å². The van der Waals surface area contributed by atoms with Crippen LogP contribution < -0.4 is 4.74 Å². The molecule has 2 rings (SSSR count). The van der Waals surface area contributed by atoms with Gasteiger partial charge in [0.15, 0.2) is 0 Å². The standard InChI is InChI=1S/C10H9BrO2S/c1-13-9-5-14-10-6(4-11)2-7(12)3-8(9)10/h2-3,5,12H,4H2,1H3. The number of benzene rings is 1. The molecule has 1 heterocycles. The van der Waals surface area contributed by atoms with E-state index in [2.05, 4.69) is 15.9 Å². The molecule has 1 N–H and O–H groups in total. The SMILES string of the molecule is COc1csc2c(CBr)cc(O)cc12. The number of thiophene rings is 1. The fourth-order valence-electron chi connectivity index (χ4n) is 1.43. The molecule has 0 atom stereocenters. The maximum absolute atomic E-state index is 9.51. The molecule has 2 nitrogen and oxygen atoms in total. The molecule has 0 unspecified atom stereocenters.